The Morgan fingerprint density at radius 2 is 1.70 bits per heavy atom. The lowest BCUT2D eigenvalue weighted by Gasteiger charge is -2.35. The molecule has 1 N–H and O–H groups in total. The van der Waals surface area contributed by atoms with Crippen LogP contribution in [0.15, 0.2) is 24.3 Å². The SMILES string of the molecule is CCOc1ccc(-c2n[nH]c(=S)n2CCC(=O)N2CCN(S(=O)(=O)N3CCCC3)CC2)cc1. The minimum Gasteiger partial charge on any atom is -0.494 e. The molecule has 0 atom stereocenters. The van der Waals surface area contributed by atoms with Gasteiger partial charge in [-0.2, -0.15) is 22.1 Å². The Kier molecular flexibility index (Phi) is 7.47. The third-order valence-corrected chi connectivity index (χ3v) is 8.39. The van der Waals surface area contributed by atoms with Crippen LogP contribution < -0.4 is 4.74 Å². The first kappa shape index (κ1) is 23.9. The van der Waals surface area contributed by atoms with Crippen molar-refractivity contribution in [3.8, 4) is 17.1 Å². The fourth-order valence-electron chi connectivity index (χ4n) is 4.23. The Morgan fingerprint density at radius 1 is 1.06 bits per heavy atom. The predicted octanol–water partition coefficient (Wildman–Crippen LogP) is 1.88. The highest BCUT2D eigenvalue weighted by molar-refractivity contribution is 7.86. The van der Waals surface area contributed by atoms with E-state index in [0.717, 1.165) is 24.2 Å². The summed E-state index contributed by atoms with van der Waals surface area (Å²) < 4.78 is 36.3. The number of amides is 1. The second kappa shape index (κ2) is 10.3. The molecular formula is C21H30N6O4S2. The van der Waals surface area contributed by atoms with Crippen LogP contribution >= 0.6 is 12.2 Å². The fraction of sp³-hybridized carbons (Fsp3) is 0.571. The number of aromatic amines is 1. The van der Waals surface area contributed by atoms with E-state index in [1.165, 1.54) is 4.31 Å². The number of carbonyl (C=O) groups is 1. The number of hydrogen-bond donors (Lipinski definition) is 1. The molecule has 10 nitrogen and oxygen atoms in total. The van der Waals surface area contributed by atoms with Gasteiger partial charge < -0.3 is 9.64 Å². The molecule has 0 unspecified atom stereocenters. The van der Waals surface area contributed by atoms with E-state index in [4.69, 9.17) is 17.0 Å². The van der Waals surface area contributed by atoms with Crippen molar-refractivity contribution < 1.29 is 17.9 Å². The van der Waals surface area contributed by atoms with Crippen LogP contribution in [0.1, 0.15) is 26.2 Å². The van der Waals surface area contributed by atoms with E-state index in [-0.39, 0.29) is 12.3 Å². The van der Waals surface area contributed by atoms with Crippen molar-refractivity contribution >= 4 is 28.3 Å². The highest BCUT2D eigenvalue weighted by Gasteiger charge is 2.34. The highest BCUT2D eigenvalue weighted by atomic mass is 32.2. The third kappa shape index (κ3) is 5.29. The largest absolute Gasteiger partial charge is 0.494 e. The Hall–Kier alpha value is -2.28. The van der Waals surface area contributed by atoms with Crippen molar-refractivity contribution in [3.05, 3.63) is 29.0 Å². The van der Waals surface area contributed by atoms with Crippen molar-refractivity contribution in [3.63, 3.8) is 0 Å². The molecule has 2 aromatic rings. The van der Waals surface area contributed by atoms with E-state index in [2.05, 4.69) is 10.2 Å². The first-order chi connectivity index (χ1) is 15.9. The average molecular weight is 495 g/mol. The normalized spacial score (nSPS) is 18.0. The smallest absolute Gasteiger partial charge is 0.282 e. The second-order valence-corrected chi connectivity index (χ2v) is 10.4. The van der Waals surface area contributed by atoms with Gasteiger partial charge in [0.15, 0.2) is 10.6 Å². The van der Waals surface area contributed by atoms with Crippen molar-refractivity contribution in [2.24, 2.45) is 0 Å². The van der Waals surface area contributed by atoms with Crippen molar-refractivity contribution in [2.45, 2.75) is 32.7 Å². The number of piperazine rings is 1. The number of aromatic nitrogens is 3. The van der Waals surface area contributed by atoms with Gasteiger partial charge in [0.1, 0.15) is 5.75 Å². The summed E-state index contributed by atoms with van der Waals surface area (Å²) in [5.41, 5.74) is 0.874. The summed E-state index contributed by atoms with van der Waals surface area (Å²) in [6, 6.07) is 7.58. The molecule has 33 heavy (non-hydrogen) atoms. The van der Waals surface area contributed by atoms with Crippen LogP contribution in [0.25, 0.3) is 11.4 Å². The van der Waals surface area contributed by atoms with Gasteiger partial charge in [0, 0.05) is 57.8 Å². The van der Waals surface area contributed by atoms with Gasteiger partial charge in [0.05, 0.1) is 6.61 Å². The minimum absolute atomic E-state index is 0.0195. The van der Waals surface area contributed by atoms with Gasteiger partial charge in [0.2, 0.25) is 5.91 Å². The molecule has 180 valence electrons. The number of rotatable bonds is 8. The molecular weight excluding hydrogens is 464 g/mol. The van der Waals surface area contributed by atoms with E-state index in [1.54, 1.807) is 9.21 Å². The number of hydrogen-bond acceptors (Lipinski definition) is 6. The van der Waals surface area contributed by atoms with Crippen molar-refractivity contribution in [2.75, 3.05) is 45.9 Å². The molecule has 1 amide bonds. The van der Waals surface area contributed by atoms with Gasteiger partial charge in [-0.15, -0.1) is 0 Å². The van der Waals surface area contributed by atoms with E-state index >= 15 is 0 Å². The Bertz CT molecular complexity index is 1110. The van der Waals surface area contributed by atoms with Gasteiger partial charge in [-0.25, -0.2) is 0 Å². The van der Waals surface area contributed by atoms with Crippen LogP contribution in [0.3, 0.4) is 0 Å². The number of nitrogens with one attached hydrogen (secondary N) is 1. The van der Waals surface area contributed by atoms with Gasteiger partial charge in [0.25, 0.3) is 10.2 Å². The highest BCUT2D eigenvalue weighted by Crippen LogP contribution is 2.22. The summed E-state index contributed by atoms with van der Waals surface area (Å²) in [7, 11) is -3.42. The molecule has 1 aromatic heterocycles. The third-order valence-electron chi connectivity index (χ3n) is 6.04. The van der Waals surface area contributed by atoms with Crippen molar-refractivity contribution in [1.29, 1.82) is 0 Å². The summed E-state index contributed by atoms with van der Waals surface area (Å²) >= 11 is 5.37. The number of nitrogens with zero attached hydrogens (tertiary/aromatic N) is 5. The number of benzene rings is 1. The molecule has 12 heteroatoms. The quantitative estimate of drug-likeness (QED) is 0.562. The van der Waals surface area contributed by atoms with E-state index in [1.807, 2.05) is 35.8 Å². The molecule has 2 fully saturated rings. The molecule has 3 heterocycles. The van der Waals surface area contributed by atoms with Crippen LogP contribution in [-0.4, -0.2) is 88.5 Å². The molecule has 0 spiro atoms. The first-order valence-electron chi connectivity index (χ1n) is 11.3. The Morgan fingerprint density at radius 3 is 2.33 bits per heavy atom. The van der Waals surface area contributed by atoms with Crippen LogP contribution in [0, 0.1) is 4.77 Å². The monoisotopic (exact) mass is 494 g/mol. The summed E-state index contributed by atoms with van der Waals surface area (Å²) in [4.78, 5) is 14.6. The number of ether oxygens (including phenoxy) is 1. The average Bonchev–Trinajstić information content (AvgIpc) is 3.49. The van der Waals surface area contributed by atoms with E-state index in [9.17, 15) is 13.2 Å². The topological polar surface area (TPSA) is 104 Å². The molecule has 0 radical (unpaired) electrons. The molecule has 2 saturated heterocycles. The van der Waals surface area contributed by atoms with Gasteiger partial charge >= 0.3 is 0 Å². The molecule has 0 bridgehead atoms. The maximum atomic E-state index is 12.8. The zero-order valence-corrected chi connectivity index (χ0v) is 20.4. The van der Waals surface area contributed by atoms with Crippen LogP contribution in [0.4, 0.5) is 0 Å². The van der Waals surface area contributed by atoms with Crippen molar-refractivity contribution in [1.82, 2.24) is 28.3 Å². The number of carbonyl (C=O) groups excluding carboxylic acids is 1. The summed E-state index contributed by atoms with van der Waals surface area (Å²) in [6.07, 6.45) is 2.08. The number of H-pyrrole nitrogens is 1. The lowest BCUT2D eigenvalue weighted by molar-refractivity contribution is -0.132. The maximum absolute atomic E-state index is 12.8. The zero-order valence-electron chi connectivity index (χ0n) is 18.8. The van der Waals surface area contributed by atoms with Crippen LogP contribution in [-0.2, 0) is 21.5 Å². The maximum Gasteiger partial charge on any atom is 0.282 e. The van der Waals surface area contributed by atoms with E-state index < -0.39 is 10.2 Å². The molecule has 0 saturated carbocycles. The molecule has 0 aliphatic carbocycles. The Balaban J connectivity index is 1.34. The fourth-order valence-corrected chi connectivity index (χ4v) is 6.12. The Labute approximate surface area is 199 Å². The predicted molar refractivity (Wildman–Crippen MR) is 127 cm³/mol. The first-order valence-corrected chi connectivity index (χ1v) is 13.1. The molecule has 4 rings (SSSR count). The lowest BCUT2D eigenvalue weighted by Crippen LogP contribution is -2.53. The van der Waals surface area contributed by atoms with Gasteiger partial charge in [-0.1, -0.05) is 0 Å². The summed E-state index contributed by atoms with van der Waals surface area (Å²) in [5.74, 6) is 1.43. The molecule has 2 aliphatic heterocycles. The standard InChI is InChI=1S/C21H30N6O4S2/c1-2-31-18-7-5-17(6-8-18)20-22-23-21(32)27(20)12-9-19(28)24-13-15-26(16-14-24)33(29,30)25-10-3-4-11-25/h5-8H,2-4,9-16H2,1H3,(H,23,32). The second-order valence-electron chi connectivity index (χ2n) is 8.11. The summed E-state index contributed by atoms with van der Waals surface area (Å²) in [6.45, 7) is 5.54. The van der Waals surface area contributed by atoms with Gasteiger partial charge in [-0.05, 0) is 56.2 Å². The van der Waals surface area contributed by atoms with Crippen LogP contribution in [0.2, 0.25) is 0 Å². The zero-order chi connectivity index (χ0) is 23.4. The summed E-state index contributed by atoms with van der Waals surface area (Å²) in [5, 5.41) is 7.14. The van der Waals surface area contributed by atoms with E-state index in [0.29, 0.717) is 63.0 Å². The lowest BCUT2D eigenvalue weighted by atomic mass is 10.2. The van der Waals surface area contributed by atoms with Crippen LogP contribution in [0.5, 0.6) is 5.75 Å². The van der Waals surface area contributed by atoms with Gasteiger partial charge in [-0.3, -0.25) is 14.5 Å². The minimum atomic E-state index is -3.42. The molecule has 1 aromatic carbocycles. The molecule has 2 aliphatic rings.